The van der Waals surface area contributed by atoms with Gasteiger partial charge in [-0.1, -0.05) is 48.5 Å². The molecule has 1 aliphatic heterocycles. The summed E-state index contributed by atoms with van der Waals surface area (Å²) in [5.74, 6) is 1.08. The lowest BCUT2D eigenvalue weighted by molar-refractivity contribution is -0.135. The smallest absolute Gasteiger partial charge is 0.222 e. The second kappa shape index (κ2) is 9.97. The number of amides is 1. The van der Waals surface area contributed by atoms with Crippen LogP contribution in [0.15, 0.2) is 60.7 Å². The van der Waals surface area contributed by atoms with Gasteiger partial charge in [-0.3, -0.25) is 4.79 Å². The molecule has 0 aromatic heterocycles. The molecule has 1 atom stereocenters. The first kappa shape index (κ1) is 18.5. The van der Waals surface area contributed by atoms with E-state index in [0.29, 0.717) is 26.2 Å². The molecule has 0 bridgehead atoms. The Labute approximate surface area is 155 Å². The molecular formula is C22H27NO3. The average molecular weight is 353 g/mol. The Morgan fingerprint density at radius 2 is 1.73 bits per heavy atom. The van der Waals surface area contributed by atoms with Crippen LogP contribution >= 0.6 is 0 Å². The summed E-state index contributed by atoms with van der Waals surface area (Å²) in [6, 6.07) is 19.9. The van der Waals surface area contributed by atoms with Crippen LogP contribution in [0.5, 0.6) is 5.75 Å². The van der Waals surface area contributed by atoms with Gasteiger partial charge in [-0.15, -0.1) is 0 Å². The molecule has 1 amide bonds. The summed E-state index contributed by atoms with van der Waals surface area (Å²) in [6.07, 6.45) is 3.49. The molecule has 4 heteroatoms. The molecule has 0 aliphatic carbocycles. The highest BCUT2D eigenvalue weighted by Gasteiger charge is 2.23. The van der Waals surface area contributed by atoms with Crippen LogP contribution in [-0.2, 0) is 16.0 Å². The molecule has 1 heterocycles. The molecule has 2 aromatic carbocycles. The fourth-order valence-corrected chi connectivity index (χ4v) is 3.25. The van der Waals surface area contributed by atoms with Gasteiger partial charge in [0.2, 0.25) is 5.91 Å². The van der Waals surface area contributed by atoms with E-state index in [4.69, 9.17) is 9.47 Å². The molecular weight excluding hydrogens is 326 g/mol. The fourth-order valence-electron chi connectivity index (χ4n) is 3.25. The maximum atomic E-state index is 12.5. The Balaban J connectivity index is 1.36. The predicted molar refractivity (Wildman–Crippen MR) is 102 cm³/mol. The van der Waals surface area contributed by atoms with Gasteiger partial charge in [0.05, 0.1) is 12.7 Å². The average Bonchev–Trinajstić information content (AvgIpc) is 2.71. The SMILES string of the molecule is O=C(CCc1ccccc1)N1CCCC(OCCOc2ccccc2)C1. The molecule has 1 aliphatic rings. The van der Waals surface area contributed by atoms with Gasteiger partial charge >= 0.3 is 0 Å². The van der Waals surface area contributed by atoms with Crippen molar-refractivity contribution in [3.63, 3.8) is 0 Å². The topological polar surface area (TPSA) is 38.8 Å². The summed E-state index contributed by atoms with van der Waals surface area (Å²) in [5.41, 5.74) is 1.21. The van der Waals surface area contributed by atoms with Crippen molar-refractivity contribution in [1.29, 1.82) is 0 Å². The maximum absolute atomic E-state index is 12.5. The van der Waals surface area contributed by atoms with Crippen molar-refractivity contribution in [3.8, 4) is 5.75 Å². The van der Waals surface area contributed by atoms with Crippen molar-refractivity contribution >= 4 is 5.91 Å². The van der Waals surface area contributed by atoms with E-state index in [2.05, 4.69) is 12.1 Å². The Kier molecular flexibility index (Phi) is 7.08. The minimum absolute atomic E-state index is 0.115. The molecule has 0 saturated carbocycles. The minimum Gasteiger partial charge on any atom is -0.491 e. The molecule has 0 N–H and O–H groups in total. The van der Waals surface area contributed by atoms with E-state index in [-0.39, 0.29) is 12.0 Å². The van der Waals surface area contributed by atoms with E-state index in [1.807, 2.05) is 53.4 Å². The van der Waals surface area contributed by atoms with E-state index in [1.165, 1.54) is 5.56 Å². The van der Waals surface area contributed by atoms with Crippen LogP contribution < -0.4 is 4.74 Å². The van der Waals surface area contributed by atoms with Gasteiger partial charge < -0.3 is 14.4 Å². The highest BCUT2D eigenvalue weighted by atomic mass is 16.5. The third-order valence-corrected chi connectivity index (χ3v) is 4.65. The first-order valence-corrected chi connectivity index (χ1v) is 9.42. The van der Waals surface area contributed by atoms with Crippen molar-refractivity contribution in [2.45, 2.75) is 31.8 Å². The number of carbonyl (C=O) groups is 1. The Bertz CT molecular complexity index is 660. The summed E-state index contributed by atoms with van der Waals surface area (Å²) >= 11 is 0. The van der Waals surface area contributed by atoms with Gasteiger partial charge in [0.25, 0.3) is 0 Å². The van der Waals surface area contributed by atoms with Crippen LogP contribution in [0.1, 0.15) is 24.8 Å². The summed E-state index contributed by atoms with van der Waals surface area (Å²) in [4.78, 5) is 14.4. The highest BCUT2D eigenvalue weighted by molar-refractivity contribution is 5.76. The normalized spacial score (nSPS) is 17.1. The van der Waals surface area contributed by atoms with Gasteiger partial charge in [-0.05, 0) is 37.0 Å². The molecule has 1 unspecified atom stereocenters. The minimum atomic E-state index is 0.115. The molecule has 4 nitrogen and oxygen atoms in total. The second-order valence-electron chi connectivity index (χ2n) is 6.62. The summed E-state index contributed by atoms with van der Waals surface area (Å²) in [5, 5.41) is 0. The third-order valence-electron chi connectivity index (χ3n) is 4.65. The summed E-state index contributed by atoms with van der Waals surface area (Å²) in [6.45, 7) is 2.61. The van der Waals surface area contributed by atoms with Crippen molar-refractivity contribution in [1.82, 2.24) is 4.90 Å². The molecule has 3 rings (SSSR count). The third kappa shape index (κ3) is 5.88. The van der Waals surface area contributed by atoms with E-state index in [9.17, 15) is 4.79 Å². The van der Waals surface area contributed by atoms with Crippen LogP contribution in [-0.4, -0.2) is 43.2 Å². The zero-order valence-electron chi connectivity index (χ0n) is 15.2. The van der Waals surface area contributed by atoms with E-state index < -0.39 is 0 Å². The van der Waals surface area contributed by atoms with Crippen molar-refractivity contribution in [2.24, 2.45) is 0 Å². The first-order chi connectivity index (χ1) is 12.8. The molecule has 1 saturated heterocycles. The number of aryl methyl sites for hydroxylation is 1. The molecule has 0 radical (unpaired) electrons. The lowest BCUT2D eigenvalue weighted by Gasteiger charge is -2.32. The van der Waals surface area contributed by atoms with Crippen molar-refractivity contribution < 1.29 is 14.3 Å². The maximum Gasteiger partial charge on any atom is 0.222 e. The lowest BCUT2D eigenvalue weighted by atomic mass is 10.1. The van der Waals surface area contributed by atoms with Crippen LogP contribution in [0.4, 0.5) is 0 Å². The van der Waals surface area contributed by atoms with Gasteiger partial charge in [0.1, 0.15) is 12.4 Å². The number of carbonyl (C=O) groups excluding carboxylic acids is 1. The van der Waals surface area contributed by atoms with Crippen molar-refractivity contribution in [3.05, 3.63) is 66.2 Å². The fraction of sp³-hybridized carbons (Fsp3) is 0.409. The Hall–Kier alpha value is -2.33. The monoisotopic (exact) mass is 353 g/mol. The standard InChI is InChI=1S/C22H27NO3/c24-22(14-13-19-8-3-1-4-9-19)23-15-7-12-21(18-23)26-17-16-25-20-10-5-2-6-11-20/h1-6,8-11,21H,7,12-18H2. The number of hydrogen-bond acceptors (Lipinski definition) is 3. The quantitative estimate of drug-likeness (QED) is 0.679. The van der Waals surface area contributed by atoms with Gasteiger partial charge in [-0.2, -0.15) is 0 Å². The Morgan fingerprint density at radius 3 is 2.50 bits per heavy atom. The van der Waals surface area contributed by atoms with Crippen LogP contribution in [0, 0.1) is 0 Å². The lowest BCUT2D eigenvalue weighted by Crippen LogP contribution is -2.43. The summed E-state index contributed by atoms with van der Waals surface area (Å²) < 4.78 is 11.6. The highest BCUT2D eigenvalue weighted by Crippen LogP contribution is 2.15. The zero-order valence-corrected chi connectivity index (χ0v) is 15.2. The second-order valence-corrected chi connectivity index (χ2v) is 6.62. The molecule has 0 spiro atoms. The van der Waals surface area contributed by atoms with Crippen LogP contribution in [0.2, 0.25) is 0 Å². The molecule has 26 heavy (non-hydrogen) atoms. The Morgan fingerprint density at radius 1 is 1.00 bits per heavy atom. The van der Waals surface area contributed by atoms with Gasteiger partial charge in [-0.25, -0.2) is 0 Å². The van der Waals surface area contributed by atoms with Crippen LogP contribution in [0.3, 0.4) is 0 Å². The predicted octanol–water partition coefficient (Wildman–Crippen LogP) is 3.71. The first-order valence-electron chi connectivity index (χ1n) is 9.42. The number of likely N-dealkylation sites (tertiary alicyclic amines) is 1. The van der Waals surface area contributed by atoms with Gasteiger partial charge in [0.15, 0.2) is 0 Å². The number of rotatable bonds is 8. The van der Waals surface area contributed by atoms with Crippen molar-refractivity contribution in [2.75, 3.05) is 26.3 Å². The largest absolute Gasteiger partial charge is 0.491 e. The zero-order chi connectivity index (χ0) is 18.0. The van der Waals surface area contributed by atoms with E-state index in [1.54, 1.807) is 0 Å². The number of ether oxygens (including phenoxy) is 2. The van der Waals surface area contributed by atoms with Crippen LogP contribution in [0.25, 0.3) is 0 Å². The number of nitrogens with zero attached hydrogens (tertiary/aromatic N) is 1. The van der Waals surface area contributed by atoms with Gasteiger partial charge in [0, 0.05) is 19.5 Å². The summed E-state index contributed by atoms with van der Waals surface area (Å²) in [7, 11) is 0. The van der Waals surface area contributed by atoms with E-state index in [0.717, 1.165) is 31.6 Å². The number of piperidine rings is 1. The number of hydrogen-bond donors (Lipinski definition) is 0. The number of para-hydroxylation sites is 1. The molecule has 1 fully saturated rings. The number of benzene rings is 2. The molecule has 2 aromatic rings. The van der Waals surface area contributed by atoms with E-state index >= 15 is 0 Å². The molecule has 138 valence electrons.